The predicted octanol–water partition coefficient (Wildman–Crippen LogP) is 14.5. The summed E-state index contributed by atoms with van der Waals surface area (Å²) in [5, 5.41) is 5.02. The van der Waals surface area contributed by atoms with Gasteiger partial charge in [-0.1, -0.05) is 166 Å². The fourth-order valence-corrected chi connectivity index (χ4v) is 9.80. The number of aromatic nitrogens is 1. The second-order valence-electron chi connectivity index (χ2n) is 16.1. The molecule has 0 amide bonds. The Hall–Kier alpha value is -6.90. The average molecular weight is 731 g/mol. The van der Waals surface area contributed by atoms with Crippen LogP contribution in [0.4, 0.5) is 11.4 Å². The standard InChI is InChI=1S/C55H42N2/c1-55(2)50-26-13-11-23-45(50)46-30-29-42(36-51(46)55)56(41-21-15-18-38(34-41)37-16-5-3-6-17-37)53-33-31-43(44-22-9-10-24-47(44)53)39-28-32-54-49(35-39)48-25-12-14-27-52(48)57(54)40-19-7-4-8-20-40/h3-28,30-36,42H,29H2,1-2H3. The van der Waals surface area contributed by atoms with Crippen LogP contribution in [0.2, 0.25) is 0 Å². The van der Waals surface area contributed by atoms with Crippen LogP contribution in [-0.2, 0) is 5.41 Å². The van der Waals surface area contributed by atoms with E-state index in [0.717, 1.165) is 6.42 Å². The minimum atomic E-state index is -0.0765. The van der Waals surface area contributed by atoms with Crippen molar-refractivity contribution in [2.45, 2.75) is 31.7 Å². The fraction of sp³-hybridized carbons (Fsp3) is 0.0909. The highest BCUT2D eigenvalue weighted by Crippen LogP contribution is 2.52. The molecule has 0 bridgehead atoms. The van der Waals surface area contributed by atoms with Gasteiger partial charge in [0.2, 0.25) is 0 Å². The molecule has 9 aromatic rings. The van der Waals surface area contributed by atoms with Crippen molar-refractivity contribution in [1.82, 2.24) is 4.57 Å². The van der Waals surface area contributed by atoms with Gasteiger partial charge in [-0.2, -0.15) is 0 Å². The van der Waals surface area contributed by atoms with Gasteiger partial charge in [-0.25, -0.2) is 0 Å². The molecule has 1 atom stereocenters. The van der Waals surface area contributed by atoms with Gasteiger partial charge in [0.15, 0.2) is 0 Å². The Kier molecular flexibility index (Phi) is 7.69. The molecule has 0 fully saturated rings. The highest BCUT2D eigenvalue weighted by Gasteiger charge is 2.40. The molecule has 57 heavy (non-hydrogen) atoms. The Morgan fingerprint density at radius 3 is 2.04 bits per heavy atom. The van der Waals surface area contributed by atoms with E-state index in [-0.39, 0.29) is 11.5 Å². The molecule has 2 nitrogen and oxygen atoms in total. The number of hydrogen-bond donors (Lipinski definition) is 0. The van der Waals surface area contributed by atoms with Crippen molar-refractivity contribution >= 4 is 49.5 Å². The van der Waals surface area contributed by atoms with Crippen LogP contribution in [0, 0.1) is 0 Å². The molecule has 0 saturated heterocycles. The van der Waals surface area contributed by atoms with Crippen LogP contribution in [0.25, 0.3) is 66.1 Å². The number of allylic oxidation sites excluding steroid dienone is 2. The van der Waals surface area contributed by atoms with Gasteiger partial charge in [0.1, 0.15) is 0 Å². The van der Waals surface area contributed by atoms with Crippen molar-refractivity contribution in [2.75, 3.05) is 4.90 Å². The summed E-state index contributed by atoms with van der Waals surface area (Å²) in [5.41, 5.74) is 16.5. The molecule has 11 rings (SSSR count). The Balaban J connectivity index is 1.09. The highest BCUT2D eigenvalue weighted by atomic mass is 15.2. The first-order valence-corrected chi connectivity index (χ1v) is 20.1. The van der Waals surface area contributed by atoms with Crippen molar-refractivity contribution in [3.05, 3.63) is 217 Å². The van der Waals surface area contributed by atoms with Crippen LogP contribution < -0.4 is 4.90 Å². The number of para-hydroxylation sites is 2. The van der Waals surface area contributed by atoms with Crippen LogP contribution in [0.15, 0.2) is 206 Å². The SMILES string of the molecule is CC1(C)C2=CC(N(c3cccc(-c4ccccc4)c3)c3ccc(-c4ccc5c(c4)c4ccccc4n5-c4ccccc4)c4ccccc34)CC=C2c2ccccc21. The molecule has 2 aliphatic rings. The lowest BCUT2D eigenvalue weighted by Gasteiger charge is -2.36. The van der Waals surface area contributed by atoms with E-state index < -0.39 is 0 Å². The smallest absolute Gasteiger partial charge is 0.0563 e. The summed E-state index contributed by atoms with van der Waals surface area (Å²) in [5.74, 6) is 0. The van der Waals surface area contributed by atoms with Gasteiger partial charge in [0.25, 0.3) is 0 Å². The molecule has 8 aromatic carbocycles. The zero-order chi connectivity index (χ0) is 38.1. The third-order valence-corrected chi connectivity index (χ3v) is 12.5. The van der Waals surface area contributed by atoms with Crippen LogP contribution in [-0.4, -0.2) is 10.6 Å². The Morgan fingerprint density at radius 1 is 0.509 bits per heavy atom. The van der Waals surface area contributed by atoms with Crippen LogP contribution in [0.5, 0.6) is 0 Å². The van der Waals surface area contributed by atoms with Gasteiger partial charge >= 0.3 is 0 Å². The number of hydrogen-bond acceptors (Lipinski definition) is 1. The fourth-order valence-electron chi connectivity index (χ4n) is 9.80. The van der Waals surface area contributed by atoms with E-state index in [1.165, 1.54) is 94.2 Å². The summed E-state index contributed by atoms with van der Waals surface area (Å²) < 4.78 is 2.39. The molecule has 0 saturated carbocycles. The lowest BCUT2D eigenvalue weighted by molar-refractivity contribution is 0.645. The molecule has 0 aliphatic heterocycles. The van der Waals surface area contributed by atoms with E-state index in [9.17, 15) is 0 Å². The number of nitrogens with zero attached hydrogens (tertiary/aromatic N) is 2. The van der Waals surface area contributed by atoms with Crippen molar-refractivity contribution in [3.8, 4) is 27.9 Å². The molecule has 0 radical (unpaired) electrons. The van der Waals surface area contributed by atoms with E-state index in [2.05, 4.69) is 224 Å². The summed E-state index contributed by atoms with van der Waals surface area (Å²) in [6, 6.07) is 69.2. The third kappa shape index (κ3) is 5.32. The Morgan fingerprint density at radius 2 is 1.19 bits per heavy atom. The Bertz CT molecular complexity index is 3070. The Labute approximate surface area is 334 Å². The van der Waals surface area contributed by atoms with E-state index in [4.69, 9.17) is 0 Å². The molecule has 1 aromatic heterocycles. The zero-order valence-corrected chi connectivity index (χ0v) is 32.2. The molecular weight excluding hydrogens is 689 g/mol. The quantitative estimate of drug-likeness (QED) is 0.165. The van der Waals surface area contributed by atoms with Gasteiger partial charge in [-0.3, -0.25) is 0 Å². The largest absolute Gasteiger partial charge is 0.334 e. The second-order valence-corrected chi connectivity index (χ2v) is 16.1. The molecular formula is C55H42N2. The summed E-state index contributed by atoms with van der Waals surface area (Å²) in [7, 11) is 0. The van der Waals surface area contributed by atoms with Gasteiger partial charge < -0.3 is 9.47 Å². The predicted molar refractivity (Wildman–Crippen MR) is 242 cm³/mol. The summed E-state index contributed by atoms with van der Waals surface area (Å²) in [6.07, 6.45) is 5.99. The van der Waals surface area contributed by atoms with Gasteiger partial charge in [-0.15, -0.1) is 0 Å². The first-order valence-electron chi connectivity index (χ1n) is 20.1. The highest BCUT2D eigenvalue weighted by molar-refractivity contribution is 6.12. The van der Waals surface area contributed by atoms with E-state index in [1.54, 1.807) is 0 Å². The lowest BCUT2D eigenvalue weighted by Crippen LogP contribution is -2.32. The van der Waals surface area contributed by atoms with Crippen LogP contribution >= 0.6 is 0 Å². The lowest BCUT2D eigenvalue weighted by atomic mass is 9.79. The van der Waals surface area contributed by atoms with Gasteiger partial charge in [-0.05, 0) is 105 Å². The van der Waals surface area contributed by atoms with Crippen molar-refractivity contribution < 1.29 is 0 Å². The maximum absolute atomic E-state index is 2.61. The van der Waals surface area contributed by atoms with E-state index in [1.807, 2.05) is 0 Å². The second kappa shape index (κ2) is 13.1. The average Bonchev–Trinajstić information content (AvgIpc) is 3.72. The summed E-state index contributed by atoms with van der Waals surface area (Å²) in [4.78, 5) is 2.61. The van der Waals surface area contributed by atoms with Gasteiger partial charge in [0.05, 0.1) is 17.1 Å². The summed E-state index contributed by atoms with van der Waals surface area (Å²) in [6.45, 7) is 4.78. The molecule has 2 aliphatic carbocycles. The van der Waals surface area contributed by atoms with Crippen LogP contribution in [0.1, 0.15) is 31.4 Å². The number of fused-ring (bicyclic) bond motifs is 7. The van der Waals surface area contributed by atoms with Gasteiger partial charge in [0, 0.05) is 38.6 Å². The third-order valence-electron chi connectivity index (χ3n) is 12.5. The monoisotopic (exact) mass is 730 g/mol. The molecule has 1 heterocycles. The van der Waals surface area contributed by atoms with E-state index in [0.29, 0.717) is 0 Å². The van der Waals surface area contributed by atoms with Crippen molar-refractivity contribution in [1.29, 1.82) is 0 Å². The molecule has 0 spiro atoms. The van der Waals surface area contributed by atoms with Crippen molar-refractivity contribution in [3.63, 3.8) is 0 Å². The molecule has 272 valence electrons. The molecule has 1 unspecified atom stereocenters. The van der Waals surface area contributed by atoms with Crippen LogP contribution in [0.3, 0.4) is 0 Å². The first-order chi connectivity index (χ1) is 28.0. The maximum Gasteiger partial charge on any atom is 0.0563 e. The maximum atomic E-state index is 2.61. The number of rotatable bonds is 6. The minimum Gasteiger partial charge on any atom is -0.334 e. The first kappa shape index (κ1) is 33.4. The topological polar surface area (TPSA) is 8.17 Å². The minimum absolute atomic E-state index is 0.0765. The van der Waals surface area contributed by atoms with E-state index >= 15 is 0 Å². The summed E-state index contributed by atoms with van der Waals surface area (Å²) >= 11 is 0. The molecule has 0 N–H and O–H groups in total. The number of anilines is 2. The molecule has 2 heteroatoms. The van der Waals surface area contributed by atoms with Crippen molar-refractivity contribution in [2.24, 2.45) is 0 Å². The normalized spacial score (nSPS) is 15.6. The zero-order valence-electron chi connectivity index (χ0n) is 32.2. The number of benzene rings is 8.